The van der Waals surface area contributed by atoms with Crippen LogP contribution in [0.2, 0.25) is 0 Å². The number of rotatable bonds is 3. The van der Waals surface area contributed by atoms with Crippen LogP contribution in [0, 0.1) is 0 Å². The zero-order valence-electron chi connectivity index (χ0n) is 11.5. The van der Waals surface area contributed by atoms with Gasteiger partial charge in [-0.3, -0.25) is 14.6 Å². The Balaban J connectivity index is 0.00000200. The molecule has 1 saturated heterocycles. The largest absolute Gasteiger partial charge is 0.342 e. The molecule has 0 spiro atoms. The van der Waals surface area contributed by atoms with E-state index in [1.807, 2.05) is 0 Å². The van der Waals surface area contributed by atoms with Gasteiger partial charge in [0.05, 0.1) is 6.54 Å². The smallest absolute Gasteiger partial charge is 0.270 e. The first-order chi connectivity index (χ1) is 9.16. The number of piperidine rings is 1. The van der Waals surface area contributed by atoms with Gasteiger partial charge in [-0.2, -0.15) is 0 Å². The molecule has 118 valence electrons. The van der Waals surface area contributed by atoms with Crippen molar-refractivity contribution in [1.82, 2.24) is 15.2 Å². The zero-order valence-corrected chi connectivity index (χ0v) is 13.2. The van der Waals surface area contributed by atoms with E-state index in [0.29, 0.717) is 18.8 Å². The van der Waals surface area contributed by atoms with Crippen LogP contribution in [0.25, 0.3) is 0 Å². The fourth-order valence-corrected chi connectivity index (χ4v) is 2.09. The van der Waals surface area contributed by atoms with Crippen molar-refractivity contribution < 1.29 is 9.59 Å². The van der Waals surface area contributed by atoms with E-state index in [1.54, 1.807) is 29.3 Å². The van der Waals surface area contributed by atoms with Gasteiger partial charge in [-0.25, -0.2) is 0 Å². The lowest BCUT2D eigenvalue weighted by Crippen LogP contribution is -2.49. The Hall–Kier alpha value is -1.37. The Morgan fingerprint density at radius 2 is 2.14 bits per heavy atom. The number of nitrogens with two attached hydrogens (primary N) is 1. The fraction of sp³-hybridized carbons (Fsp3) is 0.462. The average molecular weight is 335 g/mol. The van der Waals surface area contributed by atoms with Crippen molar-refractivity contribution in [1.29, 1.82) is 0 Å². The summed E-state index contributed by atoms with van der Waals surface area (Å²) in [6, 6.07) is 5.12. The van der Waals surface area contributed by atoms with E-state index in [-0.39, 0.29) is 49.2 Å². The summed E-state index contributed by atoms with van der Waals surface area (Å²) in [7, 11) is 0. The molecule has 1 atom stereocenters. The molecular formula is C13H20Cl2N4O2. The third-order valence-corrected chi connectivity index (χ3v) is 3.11. The maximum absolute atomic E-state index is 11.9. The summed E-state index contributed by atoms with van der Waals surface area (Å²) in [5.41, 5.74) is 6.13. The molecule has 1 aliphatic heterocycles. The summed E-state index contributed by atoms with van der Waals surface area (Å²) in [4.78, 5) is 29.3. The minimum absolute atomic E-state index is 0. The topological polar surface area (TPSA) is 88.3 Å². The molecule has 2 rings (SSSR count). The van der Waals surface area contributed by atoms with Crippen LogP contribution < -0.4 is 11.1 Å². The summed E-state index contributed by atoms with van der Waals surface area (Å²) >= 11 is 0. The molecule has 0 bridgehead atoms. The Morgan fingerprint density at radius 3 is 2.76 bits per heavy atom. The van der Waals surface area contributed by atoms with Crippen LogP contribution in [0.1, 0.15) is 23.3 Å². The maximum atomic E-state index is 11.9. The van der Waals surface area contributed by atoms with E-state index < -0.39 is 0 Å². The van der Waals surface area contributed by atoms with Crippen LogP contribution in [0.5, 0.6) is 0 Å². The molecule has 8 heteroatoms. The first-order valence-electron chi connectivity index (χ1n) is 6.39. The molecule has 2 heterocycles. The van der Waals surface area contributed by atoms with Crippen molar-refractivity contribution in [3.8, 4) is 0 Å². The van der Waals surface area contributed by atoms with Gasteiger partial charge in [-0.15, -0.1) is 24.8 Å². The van der Waals surface area contributed by atoms with Gasteiger partial charge < -0.3 is 16.0 Å². The van der Waals surface area contributed by atoms with E-state index >= 15 is 0 Å². The molecule has 1 aromatic rings. The molecule has 0 aromatic carbocycles. The van der Waals surface area contributed by atoms with Crippen molar-refractivity contribution in [3.63, 3.8) is 0 Å². The summed E-state index contributed by atoms with van der Waals surface area (Å²) in [6.07, 6.45) is 3.41. The van der Waals surface area contributed by atoms with Crippen LogP contribution in [-0.4, -0.2) is 47.4 Å². The number of carbonyl (C=O) groups excluding carboxylic acids is 2. The second kappa shape index (κ2) is 9.55. The van der Waals surface area contributed by atoms with Gasteiger partial charge in [0.25, 0.3) is 5.91 Å². The second-order valence-corrected chi connectivity index (χ2v) is 4.64. The first-order valence-corrected chi connectivity index (χ1v) is 6.39. The van der Waals surface area contributed by atoms with Gasteiger partial charge >= 0.3 is 0 Å². The number of hydrogen-bond donors (Lipinski definition) is 2. The number of aromatic nitrogens is 1. The molecule has 0 aliphatic carbocycles. The zero-order chi connectivity index (χ0) is 13.7. The van der Waals surface area contributed by atoms with Crippen molar-refractivity contribution >= 4 is 36.6 Å². The molecule has 1 fully saturated rings. The summed E-state index contributed by atoms with van der Waals surface area (Å²) in [6.45, 7) is 1.27. The lowest BCUT2D eigenvalue weighted by Gasteiger charge is -2.30. The van der Waals surface area contributed by atoms with Crippen LogP contribution >= 0.6 is 24.8 Å². The van der Waals surface area contributed by atoms with Gasteiger partial charge in [0, 0.05) is 25.3 Å². The normalized spacial score (nSPS) is 17.2. The van der Waals surface area contributed by atoms with Crippen LogP contribution in [0.3, 0.4) is 0 Å². The lowest BCUT2D eigenvalue weighted by atomic mass is 10.1. The van der Waals surface area contributed by atoms with Gasteiger partial charge in [-0.1, -0.05) is 6.07 Å². The summed E-state index contributed by atoms with van der Waals surface area (Å²) in [5.74, 6) is -0.435. The highest BCUT2D eigenvalue weighted by atomic mass is 35.5. The van der Waals surface area contributed by atoms with Gasteiger partial charge in [-0.05, 0) is 25.0 Å². The van der Waals surface area contributed by atoms with Crippen molar-refractivity contribution in [2.45, 2.75) is 18.9 Å². The van der Waals surface area contributed by atoms with Crippen molar-refractivity contribution in [2.24, 2.45) is 5.73 Å². The Morgan fingerprint density at radius 1 is 1.38 bits per heavy atom. The van der Waals surface area contributed by atoms with Gasteiger partial charge in [0.1, 0.15) is 5.69 Å². The Bertz CT molecular complexity index is 459. The quantitative estimate of drug-likeness (QED) is 0.847. The summed E-state index contributed by atoms with van der Waals surface area (Å²) in [5, 5.41) is 2.58. The minimum Gasteiger partial charge on any atom is -0.342 e. The molecule has 1 aliphatic rings. The Kier molecular flexibility index (Phi) is 8.92. The molecule has 21 heavy (non-hydrogen) atoms. The number of hydrogen-bond acceptors (Lipinski definition) is 4. The summed E-state index contributed by atoms with van der Waals surface area (Å²) < 4.78 is 0. The molecule has 0 radical (unpaired) electrons. The fourth-order valence-electron chi connectivity index (χ4n) is 2.09. The third-order valence-electron chi connectivity index (χ3n) is 3.11. The predicted molar refractivity (Wildman–Crippen MR) is 84.9 cm³/mol. The van der Waals surface area contributed by atoms with E-state index in [9.17, 15) is 9.59 Å². The highest BCUT2D eigenvalue weighted by molar-refractivity contribution is 5.94. The SMILES string of the molecule is Cl.Cl.NC1CCCN(C(=O)CNC(=O)c2ccccn2)C1. The number of amides is 2. The molecule has 2 amide bonds. The molecular weight excluding hydrogens is 315 g/mol. The van der Waals surface area contributed by atoms with E-state index in [4.69, 9.17) is 5.73 Å². The number of halogens is 2. The predicted octanol–water partition coefficient (Wildman–Crippen LogP) is 0.605. The highest BCUT2D eigenvalue weighted by Crippen LogP contribution is 2.07. The second-order valence-electron chi connectivity index (χ2n) is 4.64. The first kappa shape index (κ1) is 19.6. The van der Waals surface area contributed by atoms with Crippen LogP contribution in [0.15, 0.2) is 24.4 Å². The highest BCUT2D eigenvalue weighted by Gasteiger charge is 2.21. The molecule has 6 nitrogen and oxygen atoms in total. The minimum atomic E-state index is -0.338. The average Bonchev–Trinajstić information content (AvgIpc) is 2.45. The number of nitrogens with zero attached hydrogens (tertiary/aromatic N) is 2. The monoisotopic (exact) mass is 334 g/mol. The van der Waals surface area contributed by atoms with E-state index in [2.05, 4.69) is 10.3 Å². The third kappa shape index (κ3) is 5.87. The van der Waals surface area contributed by atoms with Crippen molar-refractivity contribution in [2.75, 3.05) is 19.6 Å². The van der Waals surface area contributed by atoms with E-state index in [0.717, 1.165) is 12.8 Å². The van der Waals surface area contributed by atoms with Gasteiger partial charge in [0.2, 0.25) is 5.91 Å². The van der Waals surface area contributed by atoms with Gasteiger partial charge in [0.15, 0.2) is 0 Å². The van der Waals surface area contributed by atoms with Crippen LogP contribution in [-0.2, 0) is 4.79 Å². The molecule has 0 saturated carbocycles. The Labute approximate surface area is 136 Å². The molecule has 1 aromatic heterocycles. The lowest BCUT2D eigenvalue weighted by molar-refractivity contribution is -0.131. The van der Waals surface area contributed by atoms with E-state index in [1.165, 1.54) is 0 Å². The number of likely N-dealkylation sites (tertiary alicyclic amines) is 1. The molecule has 3 N–H and O–H groups in total. The van der Waals surface area contributed by atoms with Crippen LogP contribution in [0.4, 0.5) is 0 Å². The number of pyridine rings is 1. The van der Waals surface area contributed by atoms with Crippen molar-refractivity contribution in [3.05, 3.63) is 30.1 Å². The molecule has 1 unspecified atom stereocenters. The number of nitrogens with one attached hydrogen (secondary N) is 1. The standard InChI is InChI=1S/C13H18N4O2.2ClH/c14-10-4-3-7-17(9-10)12(18)8-16-13(19)11-5-1-2-6-15-11;;/h1-2,5-6,10H,3-4,7-9,14H2,(H,16,19);2*1H. The number of carbonyl (C=O) groups is 2. The maximum Gasteiger partial charge on any atom is 0.270 e.